The van der Waals surface area contributed by atoms with Crippen molar-refractivity contribution in [2.24, 2.45) is 0 Å². The molecule has 0 heterocycles. The van der Waals surface area contributed by atoms with Gasteiger partial charge in [0.15, 0.2) is 0 Å². The minimum absolute atomic E-state index is 0. The summed E-state index contributed by atoms with van der Waals surface area (Å²) < 4.78 is 0. The second kappa shape index (κ2) is 5.12. The topological polar surface area (TPSA) is 0 Å². The van der Waals surface area contributed by atoms with E-state index in [2.05, 4.69) is 0 Å². The third-order valence-electron chi connectivity index (χ3n) is 1.07. The Balaban J connectivity index is 0.000000810. The fourth-order valence-electron chi connectivity index (χ4n) is 0.573. The molecule has 0 spiro atoms. The Hall–Kier alpha value is 0.423. The van der Waals surface area contributed by atoms with Crippen LogP contribution in [0.15, 0.2) is 24.3 Å². The number of benzene rings is 1. The van der Waals surface area contributed by atoms with Crippen LogP contribution in [0.1, 0.15) is 5.56 Å². The molecule has 1 aromatic rings. The second-order valence-corrected chi connectivity index (χ2v) is 2.46. The molecule has 0 saturated carbocycles. The van der Waals surface area contributed by atoms with Gasteiger partial charge in [-0.2, -0.15) is 0 Å². The third kappa shape index (κ3) is 3.01. The van der Waals surface area contributed by atoms with Crippen LogP contribution >= 0.6 is 23.2 Å². The molecule has 50 valence electrons. The van der Waals surface area contributed by atoms with Crippen LogP contribution in [0.25, 0.3) is 0 Å². The van der Waals surface area contributed by atoms with Gasteiger partial charge in [-0.05, 0) is 17.7 Å². The zero-order valence-electron chi connectivity index (χ0n) is 5.48. The van der Waals surface area contributed by atoms with Gasteiger partial charge in [0, 0.05) is 30.4 Å². The first kappa shape index (κ1) is 10.4. The van der Waals surface area contributed by atoms with Gasteiger partial charge in [-0.1, -0.05) is 23.7 Å². The van der Waals surface area contributed by atoms with Gasteiger partial charge in [-0.3, -0.25) is 0 Å². The van der Waals surface area contributed by atoms with Crippen molar-refractivity contribution in [2.45, 2.75) is 5.88 Å². The van der Waals surface area contributed by atoms with Gasteiger partial charge in [0.05, 0.1) is 0 Å². The second-order valence-electron chi connectivity index (χ2n) is 1.76. The van der Waals surface area contributed by atoms with E-state index in [1.54, 1.807) is 0 Å². The number of rotatable bonds is 1. The molecule has 0 N–H and O–H groups in total. The summed E-state index contributed by atoms with van der Waals surface area (Å²) in [5.74, 6) is 0.553. The first-order valence-electron chi connectivity index (χ1n) is 2.63. The monoisotopic (exact) mass is 224 g/mol. The van der Waals surface area contributed by atoms with Crippen LogP contribution in [0.3, 0.4) is 0 Å². The van der Waals surface area contributed by atoms with Gasteiger partial charge in [0.1, 0.15) is 0 Å². The Kier molecular flexibility index (Phi) is 5.34. The Labute approximate surface area is 83.3 Å². The van der Waals surface area contributed by atoms with E-state index < -0.39 is 0 Å². The van der Waals surface area contributed by atoms with Crippen molar-refractivity contribution in [3.05, 3.63) is 34.9 Å². The van der Waals surface area contributed by atoms with Gasteiger partial charge in [-0.25, -0.2) is 0 Å². The van der Waals surface area contributed by atoms with Crippen LogP contribution in [0.2, 0.25) is 5.02 Å². The van der Waals surface area contributed by atoms with Crippen molar-refractivity contribution in [3.63, 3.8) is 0 Å². The van der Waals surface area contributed by atoms with Crippen molar-refractivity contribution in [1.29, 1.82) is 0 Å². The van der Waals surface area contributed by atoms with Crippen molar-refractivity contribution < 1.29 is 19.5 Å². The molecule has 3 heteroatoms. The van der Waals surface area contributed by atoms with E-state index in [4.69, 9.17) is 23.2 Å². The van der Waals surface area contributed by atoms with Gasteiger partial charge in [-0.15, -0.1) is 11.6 Å². The summed E-state index contributed by atoms with van der Waals surface area (Å²) in [7, 11) is 0. The standard InChI is InChI=1S/C7H6Cl2.Zn/c8-5-6-1-3-7(9)4-2-6;/h1-4H,5H2;. The maximum Gasteiger partial charge on any atom is 0.0474 e. The molecule has 1 rings (SSSR count). The molecular formula is C7H6Cl2Zn. The molecule has 10 heavy (non-hydrogen) atoms. The van der Waals surface area contributed by atoms with Crippen LogP contribution < -0.4 is 0 Å². The molecule has 0 aliphatic rings. The fraction of sp³-hybridized carbons (Fsp3) is 0.143. The fourth-order valence-corrected chi connectivity index (χ4v) is 0.878. The summed E-state index contributed by atoms with van der Waals surface area (Å²) in [5, 5.41) is 0.754. The normalized spacial score (nSPS) is 8.60. The summed E-state index contributed by atoms with van der Waals surface area (Å²) >= 11 is 11.2. The minimum Gasteiger partial charge on any atom is -0.122 e. The number of hydrogen-bond donors (Lipinski definition) is 0. The van der Waals surface area contributed by atoms with Crippen LogP contribution in [-0.4, -0.2) is 0 Å². The van der Waals surface area contributed by atoms with E-state index >= 15 is 0 Å². The molecule has 0 amide bonds. The largest absolute Gasteiger partial charge is 0.122 e. The first-order valence-corrected chi connectivity index (χ1v) is 3.54. The maximum absolute atomic E-state index is 5.63. The predicted molar refractivity (Wildman–Crippen MR) is 41.0 cm³/mol. The molecule has 0 unspecified atom stereocenters. The van der Waals surface area contributed by atoms with Gasteiger partial charge >= 0.3 is 0 Å². The Morgan fingerprint density at radius 1 is 1.10 bits per heavy atom. The molecule has 0 saturated heterocycles. The SMILES string of the molecule is ClCc1ccc(Cl)cc1.[Zn]. The van der Waals surface area contributed by atoms with E-state index in [1.807, 2.05) is 24.3 Å². The van der Waals surface area contributed by atoms with Gasteiger partial charge in [0.25, 0.3) is 0 Å². The predicted octanol–water partition coefficient (Wildman–Crippen LogP) is 3.08. The van der Waals surface area contributed by atoms with E-state index in [1.165, 1.54) is 0 Å². The van der Waals surface area contributed by atoms with Crippen LogP contribution in [0, 0.1) is 0 Å². The van der Waals surface area contributed by atoms with Gasteiger partial charge in [0.2, 0.25) is 0 Å². The van der Waals surface area contributed by atoms with E-state index in [-0.39, 0.29) is 19.5 Å². The van der Waals surface area contributed by atoms with Crippen molar-refractivity contribution in [1.82, 2.24) is 0 Å². The van der Waals surface area contributed by atoms with E-state index in [9.17, 15) is 0 Å². The molecule has 0 radical (unpaired) electrons. The summed E-state index contributed by atoms with van der Waals surface area (Å²) in [5.41, 5.74) is 1.10. The maximum atomic E-state index is 5.63. The molecule has 1 aromatic carbocycles. The minimum atomic E-state index is 0. The van der Waals surface area contributed by atoms with E-state index in [0.717, 1.165) is 10.6 Å². The molecule has 0 nitrogen and oxygen atoms in total. The Morgan fingerprint density at radius 2 is 1.60 bits per heavy atom. The number of alkyl halides is 1. The zero-order chi connectivity index (χ0) is 6.69. The first-order chi connectivity index (χ1) is 4.33. The van der Waals surface area contributed by atoms with Gasteiger partial charge < -0.3 is 0 Å². The van der Waals surface area contributed by atoms with Crippen molar-refractivity contribution >= 4 is 23.2 Å². The van der Waals surface area contributed by atoms with Crippen molar-refractivity contribution in [3.8, 4) is 0 Å². The summed E-state index contributed by atoms with van der Waals surface area (Å²) in [4.78, 5) is 0. The Morgan fingerprint density at radius 3 is 2.00 bits per heavy atom. The molecule has 0 atom stereocenters. The smallest absolute Gasteiger partial charge is 0.0474 e. The summed E-state index contributed by atoms with van der Waals surface area (Å²) in [6.07, 6.45) is 0. The van der Waals surface area contributed by atoms with E-state index in [0.29, 0.717) is 5.88 Å². The third-order valence-corrected chi connectivity index (χ3v) is 1.63. The molecule has 0 aromatic heterocycles. The Bertz CT molecular complexity index is 183. The molecule has 0 aliphatic carbocycles. The average molecular weight is 226 g/mol. The number of halogens is 2. The molecule has 0 aliphatic heterocycles. The summed E-state index contributed by atoms with van der Waals surface area (Å²) in [6.45, 7) is 0. The van der Waals surface area contributed by atoms with Crippen molar-refractivity contribution in [2.75, 3.05) is 0 Å². The molecule has 0 fully saturated rings. The zero-order valence-corrected chi connectivity index (χ0v) is 9.96. The number of hydrogen-bond acceptors (Lipinski definition) is 0. The van der Waals surface area contributed by atoms with Crippen LogP contribution in [0.5, 0.6) is 0 Å². The molecular weight excluding hydrogens is 220 g/mol. The summed E-state index contributed by atoms with van der Waals surface area (Å²) in [6, 6.07) is 7.49. The van der Waals surface area contributed by atoms with Crippen LogP contribution in [0.4, 0.5) is 0 Å². The average Bonchev–Trinajstić information content (AvgIpc) is 1.90. The quantitative estimate of drug-likeness (QED) is 0.510. The molecule has 0 bridgehead atoms. The van der Waals surface area contributed by atoms with Crippen LogP contribution in [-0.2, 0) is 25.4 Å².